The molecule has 6 heteroatoms. The van der Waals surface area contributed by atoms with Gasteiger partial charge in [-0.1, -0.05) is 0 Å². The van der Waals surface area contributed by atoms with Crippen LogP contribution in [-0.2, 0) is 28.8 Å². The second kappa shape index (κ2) is 7.91. The van der Waals surface area contributed by atoms with Crippen molar-refractivity contribution in [2.45, 2.75) is 64.4 Å². The number of amides is 1. The number of rotatable bonds is 5. The van der Waals surface area contributed by atoms with Gasteiger partial charge >= 0.3 is 5.63 Å². The van der Waals surface area contributed by atoms with Crippen molar-refractivity contribution in [2.75, 3.05) is 13.2 Å². The predicted molar refractivity (Wildman–Crippen MR) is 114 cm³/mol. The van der Waals surface area contributed by atoms with Crippen LogP contribution in [0.4, 0.5) is 0 Å². The molecule has 2 aliphatic rings. The number of ether oxygens (including phenoxy) is 1. The summed E-state index contributed by atoms with van der Waals surface area (Å²) in [6.07, 6.45) is 7.09. The Kier molecular flexibility index (Phi) is 5.11. The summed E-state index contributed by atoms with van der Waals surface area (Å²) in [5.41, 5.74) is 3.72. The number of fused-ring (bicyclic) bond motifs is 4. The molecule has 158 valence electrons. The Labute approximate surface area is 174 Å². The first kappa shape index (κ1) is 19.4. The lowest BCUT2D eigenvalue weighted by Gasteiger charge is -2.11. The molecule has 1 fully saturated rings. The first-order valence-electron chi connectivity index (χ1n) is 11.0. The van der Waals surface area contributed by atoms with Crippen LogP contribution in [0.2, 0.25) is 0 Å². The molecule has 1 N–H and O–H groups in total. The molecule has 5 rings (SSSR count). The first-order chi connectivity index (χ1) is 14.6. The molecule has 0 bridgehead atoms. The zero-order valence-electron chi connectivity index (χ0n) is 17.3. The van der Waals surface area contributed by atoms with E-state index < -0.39 is 0 Å². The molecule has 3 aromatic rings. The lowest BCUT2D eigenvalue weighted by atomic mass is 9.94. The largest absolute Gasteiger partial charge is 0.461 e. The van der Waals surface area contributed by atoms with Gasteiger partial charge in [0.25, 0.3) is 0 Å². The molecule has 0 saturated carbocycles. The number of hydrogen-bond donors (Lipinski definition) is 1. The van der Waals surface area contributed by atoms with Crippen LogP contribution in [0, 0.1) is 6.92 Å². The molecule has 0 spiro atoms. The average molecular weight is 409 g/mol. The number of furan rings is 1. The van der Waals surface area contributed by atoms with Crippen LogP contribution in [-0.4, -0.2) is 25.2 Å². The second-order valence-corrected chi connectivity index (χ2v) is 8.49. The predicted octanol–water partition coefficient (Wildman–Crippen LogP) is 3.95. The van der Waals surface area contributed by atoms with Gasteiger partial charge in [0.2, 0.25) is 5.91 Å². The Morgan fingerprint density at radius 1 is 1.10 bits per heavy atom. The van der Waals surface area contributed by atoms with E-state index in [-0.39, 0.29) is 24.1 Å². The van der Waals surface area contributed by atoms with Crippen molar-refractivity contribution in [3.63, 3.8) is 0 Å². The molecular formula is C24H27NO5. The maximum Gasteiger partial charge on any atom is 0.339 e. The molecule has 1 atom stereocenters. The van der Waals surface area contributed by atoms with Crippen LogP contribution in [0.5, 0.6) is 0 Å². The van der Waals surface area contributed by atoms with Crippen LogP contribution >= 0.6 is 0 Å². The van der Waals surface area contributed by atoms with Crippen molar-refractivity contribution in [1.29, 1.82) is 0 Å². The second-order valence-electron chi connectivity index (χ2n) is 8.49. The Morgan fingerprint density at radius 2 is 1.93 bits per heavy atom. The third-order valence-electron chi connectivity index (χ3n) is 6.52. The highest BCUT2D eigenvalue weighted by atomic mass is 16.5. The van der Waals surface area contributed by atoms with Gasteiger partial charge in [-0.2, -0.15) is 0 Å². The minimum absolute atomic E-state index is 0.0660. The number of nitrogens with one attached hydrogen (secondary N) is 1. The summed E-state index contributed by atoms with van der Waals surface area (Å²) in [5, 5.41) is 4.96. The quantitative estimate of drug-likeness (QED) is 0.645. The van der Waals surface area contributed by atoms with Crippen LogP contribution in [0.25, 0.3) is 21.9 Å². The normalized spacial score (nSPS) is 18.8. The van der Waals surface area contributed by atoms with Gasteiger partial charge in [0.1, 0.15) is 16.9 Å². The molecule has 1 amide bonds. The standard InChI is InChI=1S/C24H27NO5/c1-14-16(8-9-23(26)25-13-15-5-4-10-28-15)24(27)30-21-12-22-19(11-18(14)21)17-6-2-3-7-20(17)29-22/h11-12,15H,2-10,13H2,1H3,(H,25,26)/t15-/m0/s1. The SMILES string of the molecule is Cc1c(CCC(=O)NC[C@@H]2CCCO2)c(=O)oc2cc3oc4c(c3cc12)CCCC4. The number of benzene rings is 1. The number of hydrogen-bond acceptors (Lipinski definition) is 5. The summed E-state index contributed by atoms with van der Waals surface area (Å²) in [5.74, 6) is 0.999. The zero-order valence-corrected chi connectivity index (χ0v) is 17.3. The van der Waals surface area contributed by atoms with Gasteiger partial charge in [0, 0.05) is 54.0 Å². The lowest BCUT2D eigenvalue weighted by Crippen LogP contribution is -2.32. The van der Waals surface area contributed by atoms with Gasteiger partial charge in [-0.15, -0.1) is 0 Å². The zero-order chi connectivity index (χ0) is 20.7. The summed E-state index contributed by atoms with van der Waals surface area (Å²) in [6.45, 7) is 3.25. The third-order valence-corrected chi connectivity index (χ3v) is 6.52. The Hall–Kier alpha value is -2.60. The van der Waals surface area contributed by atoms with E-state index in [1.54, 1.807) is 0 Å². The summed E-state index contributed by atoms with van der Waals surface area (Å²) in [6, 6.07) is 3.94. The molecule has 1 saturated heterocycles. The number of carbonyl (C=O) groups is 1. The maximum absolute atomic E-state index is 12.6. The van der Waals surface area contributed by atoms with E-state index in [0.29, 0.717) is 24.1 Å². The topological polar surface area (TPSA) is 81.7 Å². The minimum Gasteiger partial charge on any atom is -0.461 e. The van der Waals surface area contributed by atoms with Crippen LogP contribution in [0.3, 0.4) is 0 Å². The molecule has 2 aromatic heterocycles. The summed E-state index contributed by atoms with van der Waals surface area (Å²) < 4.78 is 17.2. The van der Waals surface area contributed by atoms with Gasteiger partial charge < -0.3 is 18.9 Å². The molecular weight excluding hydrogens is 382 g/mol. The highest BCUT2D eigenvalue weighted by Crippen LogP contribution is 2.35. The van der Waals surface area contributed by atoms with E-state index in [1.807, 2.05) is 13.0 Å². The Balaban J connectivity index is 1.40. The fourth-order valence-electron chi connectivity index (χ4n) is 4.79. The summed E-state index contributed by atoms with van der Waals surface area (Å²) in [4.78, 5) is 24.9. The highest BCUT2D eigenvalue weighted by Gasteiger charge is 2.21. The van der Waals surface area contributed by atoms with Crippen molar-refractivity contribution in [3.05, 3.63) is 45.0 Å². The third kappa shape index (κ3) is 3.54. The average Bonchev–Trinajstić information content (AvgIpc) is 3.38. The van der Waals surface area contributed by atoms with E-state index in [2.05, 4.69) is 11.4 Å². The number of aryl methyl sites for hydroxylation is 3. The van der Waals surface area contributed by atoms with Crippen molar-refractivity contribution in [2.24, 2.45) is 0 Å². The van der Waals surface area contributed by atoms with Crippen molar-refractivity contribution < 1.29 is 18.4 Å². The highest BCUT2D eigenvalue weighted by molar-refractivity contribution is 5.97. The molecule has 1 aromatic carbocycles. The van der Waals surface area contributed by atoms with Crippen LogP contribution < -0.4 is 10.9 Å². The Bertz CT molecular complexity index is 1170. The molecule has 3 heterocycles. The van der Waals surface area contributed by atoms with Gasteiger partial charge in [-0.3, -0.25) is 4.79 Å². The van der Waals surface area contributed by atoms with Crippen LogP contribution in [0.15, 0.2) is 25.8 Å². The fourth-order valence-corrected chi connectivity index (χ4v) is 4.79. The number of carbonyl (C=O) groups excluding carboxylic acids is 1. The first-order valence-corrected chi connectivity index (χ1v) is 11.0. The summed E-state index contributed by atoms with van der Waals surface area (Å²) >= 11 is 0. The molecule has 1 aliphatic heterocycles. The fraction of sp³-hybridized carbons (Fsp3) is 0.500. The smallest absolute Gasteiger partial charge is 0.339 e. The summed E-state index contributed by atoms with van der Waals surface area (Å²) in [7, 11) is 0. The molecule has 0 unspecified atom stereocenters. The van der Waals surface area contributed by atoms with Crippen molar-refractivity contribution in [3.8, 4) is 0 Å². The van der Waals surface area contributed by atoms with Gasteiger partial charge in [0.15, 0.2) is 0 Å². The Morgan fingerprint density at radius 3 is 2.77 bits per heavy atom. The van der Waals surface area contributed by atoms with Gasteiger partial charge in [0.05, 0.1) is 6.10 Å². The van der Waals surface area contributed by atoms with Gasteiger partial charge in [-0.05, 0) is 57.1 Å². The van der Waals surface area contributed by atoms with E-state index in [4.69, 9.17) is 13.6 Å². The molecule has 0 radical (unpaired) electrons. The van der Waals surface area contributed by atoms with Crippen molar-refractivity contribution >= 4 is 27.8 Å². The van der Waals surface area contributed by atoms with E-state index in [1.165, 1.54) is 12.0 Å². The van der Waals surface area contributed by atoms with Gasteiger partial charge in [-0.25, -0.2) is 4.79 Å². The van der Waals surface area contributed by atoms with E-state index >= 15 is 0 Å². The monoisotopic (exact) mass is 409 g/mol. The maximum atomic E-state index is 12.6. The lowest BCUT2D eigenvalue weighted by molar-refractivity contribution is -0.121. The minimum atomic E-state index is -0.373. The van der Waals surface area contributed by atoms with E-state index in [9.17, 15) is 9.59 Å². The molecule has 1 aliphatic carbocycles. The van der Waals surface area contributed by atoms with Crippen molar-refractivity contribution in [1.82, 2.24) is 5.32 Å². The molecule has 6 nitrogen and oxygen atoms in total. The molecule has 30 heavy (non-hydrogen) atoms. The van der Waals surface area contributed by atoms with E-state index in [0.717, 1.165) is 66.4 Å². The van der Waals surface area contributed by atoms with Crippen LogP contribution in [0.1, 0.15) is 54.6 Å².